The lowest BCUT2D eigenvalue weighted by atomic mass is 9.92. The minimum atomic E-state index is -0.556. The van der Waals surface area contributed by atoms with E-state index >= 15 is 0 Å². The molecule has 0 aromatic carbocycles. The molecule has 6 heteroatoms. The summed E-state index contributed by atoms with van der Waals surface area (Å²) >= 11 is 0. The maximum absolute atomic E-state index is 11.5. The van der Waals surface area contributed by atoms with Crippen LogP contribution in [0.5, 0.6) is 0 Å². The van der Waals surface area contributed by atoms with Crippen LogP contribution in [0.4, 0.5) is 4.79 Å². The SMILES string of the molecule is CC(C)NC(=O)NCC1OCC(NC2CCC2)C1O. The van der Waals surface area contributed by atoms with Crippen molar-refractivity contribution >= 4 is 6.03 Å². The summed E-state index contributed by atoms with van der Waals surface area (Å²) in [5, 5.41) is 19.0. The van der Waals surface area contributed by atoms with Crippen molar-refractivity contribution in [2.75, 3.05) is 13.2 Å². The zero-order valence-electron chi connectivity index (χ0n) is 11.7. The summed E-state index contributed by atoms with van der Waals surface area (Å²) in [5.74, 6) is 0. The van der Waals surface area contributed by atoms with Gasteiger partial charge in [-0.2, -0.15) is 0 Å². The lowest BCUT2D eigenvalue weighted by Gasteiger charge is -2.30. The minimum absolute atomic E-state index is 0.00902. The Labute approximate surface area is 114 Å². The van der Waals surface area contributed by atoms with Gasteiger partial charge in [0.15, 0.2) is 0 Å². The van der Waals surface area contributed by atoms with Crippen molar-refractivity contribution in [2.24, 2.45) is 0 Å². The van der Waals surface area contributed by atoms with Gasteiger partial charge in [0.25, 0.3) is 0 Å². The van der Waals surface area contributed by atoms with Gasteiger partial charge in [-0.05, 0) is 26.7 Å². The van der Waals surface area contributed by atoms with Crippen molar-refractivity contribution in [2.45, 2.75) is 63.4 Å². The van der Waals surface area contributed by atoms with Crippen LogP contribution in [0.1, 0.15) is 33.1 Å². The van der Waals surface area contributed by atoms with Gasteiger partial charge in [0.1, 0.15) is 6.10 Å². The summed E-state index contributed by atoms with van der Waals surface area (Å²) in [6, 6.07) is 0.396. The molecule has 2 amide bonds. The number of carbonyl (C=O) groups excluding carboxylic acids is 1. The van der Waals surface area contributed by atoms with E-state index < -0.39 is 6.10 Å². The van der Waals surface area contributed by atoms with Crippen LogP contribution in [-0.2, 0) is 4.74 Å². The first-order valence-electron chi connectivity index (χ1n) is 7.16. The summed E-state index contributed by atoms with van der Waals surface area (Å²) in [6.45, 7) is 4.65. The van der Waals surface area contributed by atoms with E-state index in [4.69, 9.17) is 4.74 Å². The first kappa shape index (κ1) is 14.6. The molecule has 110 valence electrons. The van der Waals surface area contributed by atoms with Crippen LogP contribution in [0.25, 0.3) is 0 Å². The van der Waals surface area contributed by atoms with Gasteiger partial charge in [-0.1, -0.05) is 6.42 Å². The van der Waals surface area contributed by atoms with Crippen molar-refractivity contribution in [3.8, 4) is 0 Å². The third-order valence-corrected chi connectivity index (χ3v) is 3.72. The molecule has 0 aromatic heterocycles. The number of aliphatic hydroxyl groups is 1. The maximum atomic E-state index is 11.5. The Morgan fingerprint density at radius 1 is 1.42 bits per heavy atom. The molecule has 0 radical (unpaired) electrons. The molecule has 2 fully saturated rings. The number of amides is 2. The molecule has 2 aliphatic rings. The van der Waals surface area contributed by atoms with Crippen LogP contribution in [0.3, 0.4) is 0 Å². The highest BCUT2D eigenvalue weighted by atomic mass is 16.5. The van der Waals surface area contributed by atoms with Crippen molar-refractivity contribution in [1.29, 1.82) is 0 Å². The second kappa shape index (κ2) is 6.54. The maximum Gasteiger partial charge on any atom is 0.315 e. The zero-order chi connectivity index (χ0) is 13.8. The quantitative estimate of drug-likeness (QED) is 0.566. The molecule has 0 bridgehead atoms. The lowest BCUT2D eigenvalue weighted by molar-refractivity contribution is 0.0418. The first-order valence-corrected chi connectivity index (χ1v) is 7.16. The average Bonchev–Trinajstić information content (AvgIpc) is 2.61. The number of rotatable bonds is 5. The zero-order valence-corrected chi connectivity index (χ0v) is 11.7. The van der Waals surface area contributed by atoms with Crippen LogP contribution >= 0.6 is 0 Å². The molecule has 1 heterocycles. The molecule has 6 nitrogen and oxygen atoms in total. The molecule has 3 unspecified atom stereocenters. The van der Waals surface area contributed by atoms with Gasteiger partial charge in [-0.25, -0.2) is 4.79 Å². The molecule has 0 aromatic rings. The lowest BCUT2D eigenvalue weighted by Crippen LogP contribution is -2.50. The Bertz CT molecular complexity index is 308. The second-order valence-electron chi connectivity index (χ2n) is 5.77. The molecule has 4 N–H and O–H groups in total. The molecular formula is C13H25N3O3. The fourth-order valence-electron chi connectivity index (χ4n) is 2.39. The molecular weight excluding hydrogens is 246 g/mol. The molecule has 3 atom stereocenters. The van der Waals surface area contributed by atoms with Gasteiger partial charge in [-0.15, -0.1) is 0 Å². The van der Waals surface area contributed by atoms with Crippen molar-refractivity contribution in [1.82, 2.24) is 16.0 Å². The van der Waals surface area contributed by atoms with E-state index in [1.54, 1.807) is 0 Å². The van der Waals surface area contributed by atoms with Crippen LogP contribution in [0, 0.1) is 0 Å². The highest BCUT2D eigenvalue weighted by Gasteiger charge is 2.37. The highest BCUT2D eigenvalue weighted by molar-refractivity contribution is 5.74. The molecule has 1 aliphatic carbocycles. The van der Waals surface area contributed by atoms with E-state index in [1.807, 2.05) is 13.8 Å². The van der Waals surface area contributed by atoms with Gasteiger partial charge < -0.3 is 25.8 Å². The molecule has 1 saturated carbocycles. The first-order chi connectivity index (χ1) is 9.06. The molecule has 1 aliphatic heterocycles. The monoisotopic (exact) mass is 271 g/mol. The van der Waals surface area contributed by atoms with Crippen LogP contribution in [0.2, 0.25) is 0 Å². The predicted molar refractivity (Wildman–Crippen MR) is 72.0 cm³/mol. The standard InChI is InChI=1S/C13H25N3O3/c1-8(2)15-13(18)14-6-11-12(17)10(7-19-11)16-9-4-3-5-9/h8-12,16-17H,3-7H2,1-2H3,(H2,14,15,18). The number of aliphatic hydroxyl groups excluding tert-OH is 1. The topological polar surface area (TPSA) is 82.6 Å². The van der Waals surface area contributed by atoms with E-state index in [1.165, 1.54) is 19.3 Å². The Hall–Kier alpha value is -0.850. The Morgan fingerprint density at radius 3 is 2.74 bits per heavy atom. The Morgan fingerprint density at radius 2 is 2.16 bits per heavy atom. The van der Waals surface area contributed by atoms with Crippen molar-refractivity contribution in [3.05, 3.63) is 0 Å². The summed E-state index contributed by atoms with van der Waals surface area (Å²) in [6.07, 6.45) is 2.75. The predicted octanol–water partition coefficient (Wildman–Crippen LogP) is -0.0356. The largest absolute Gasteiger partial charge is 0.389 e. The highest BCUT2D eigenvalue weighted by Crippen LogP contribution is 2.22. The fourth-order valence-corrected chi connectivity index (χ4v) is 2.39. The molecule has 0 spiro atoms. The van der Waals surface area contributed by atoms with Gasteiger partial charge >= 0.3 is 6.03 Å². The number of hydrogen-bond donors (Lipinski definition) is 4. The van der Waals surface area contributed by atoms with Gasteiger partial charge in [0.05, 0.1) is 18.8 Å². The number of nitrogens with one attached hydrogen (secondary N) is 3. The summed E-state index contributed by atoms with van der Waals surface area (Å²) in [5.41, 5.74) is 0. The Balaban J connectivity index is 1.68. The molecule has 2 rings (SSSR count). The van der Waals surface area contributed by atoms with Crippen molar-refractivity contribution in [3.63, 3.8) is 0 Å². The summed E-state index contributed by atoms with van der Waals surface area (Å²) < 4.78 is 5.55. The van der Waals surface area contributed by atoms with Gasteiger partial charge in [0.2, 0.25) is 0 Å². The Kier molecular flexibility index (Phi) is 5.01. The van der Waals surface area contributed by atoms with Gasteiger partial charge in [-0.3, -0.25) is 0 Å². The third-order valence-electron chi connectivity index (χ3n) is 3.72. The number of ether oxygens (including phenoxy) is 1. The van der Waals surface area contributed by atoms with E-state index in [2.05, 4.69) is 16.0 Å². The average molecular weight is 271 g/mol. The van der Waals surface area contributed by atoms with Crippen molar-refractivity contribution < 1.29 is 14.6 Å². The number of carbonyl (C=O) groups is 1. The van der Waals surface area contributed by atoms with E-state index in [0.29, 0.717) is 19.2 Å². The van der Waals surface area contributed by atoms with E-state index in [9.17, 15) is 9.90 Å². The minimum Gasteiger partial charge on any atom is -0.389 e. The van der Waals surface area contributed by atoms with Crippen LogP contribution in [-0.4, -0.2) is 54.6 Å². The second-order valence-corrected chi connectivity index (χ2v) is 5.77. The summed E-state index contributed by atoms with van der Waals surface area (Å²) in [4.78, 5) is 11.5. The van der Waals surface area contributed by atoms with Gasteiger partial charge in [0, 0.05) is 18.6 Å². The number of hydrogen-bond acceptors (Lipinski definition) is 4. The van der Waals surface area contributed by atoms with Crippen LogP contribution in [0.15, 0.2) is 0 Å². The van der Waals surface area contributed by atoms with Crippen LogP contribution < -0.4 is 16.0 Å². The normalized spacial score (nSPS) is 31.3. The smallest absolute Gasteiger partial charge is 0.315 e. The van der Waals surface area contributed by atoms with E-state index in [0.717, 1.165) is 0 Å². The summed E-state index contributed by atoms with van der Waals surface area (Å²) in [7, 11) is 0. The molecule has 1 saturated heterocycles. The third kappa shape index (κ3) is 4.06. The molecule has 19 heavy (non-hydrogen) atoms. The fraction of sp³-hybridized carbons (Fsp3) is 0.923. The number of urea groups is 1. The van der Waals surface area contributed by atoms with E-state index in [-0.39, 0.29) is 24.2 Å².